The predicted molar refractivity (Wildman–Crippen MR) is 120 cm³/mol. The van der Waals surface area contributed by atoms with E-state index in [4.69, 9.17) is 16.3 Å². The van der Waals surface area contributed by atoms with Gasteiger partial charge in [0.05, 0.1) is 12.0 Å². The van der Waals surface area contributed by atoms with E-state index in [-0.39, 0.29) is 18.0 Å². The van der Waals surface area contributed by atoms with Crippen LogP contribution in [0.1, 0.15) is 11.1 Å². The van der Waals surface area contributed by atoms with Gasteiger partial charge in [0.2, 0.25) is 10.0 Å². The van der Waals surface area contributed by atoms with Gasteiger partial charge in [-0.3, -0.25) is 0 Å². The Bertz CT molecular complexity index is 1300. The Hall–Kier alpha value is -3.27. The lowest BCUT2D eigenvalue weighted by Crippen LogP contribution is -2.30. The third-order valence-electron chi connectivity index (χ3n) is 4.89. The van der Waals surface area contributed by atoms with E-state index in [9.17, 15) is 8.42 Å². The largest absolute Gasteiger partial charge is 0.494 e. The van der Waals surface area contributed by atoms with E-state index in [0.29, 0.717) is 22.0 Å². The Kier molecular flexibility index (Phi) is 6.50. The first-order valence-electron chi connectivity index (χ1n) is 9.68. The number of hydrogen-bond acceptors (Lipinski definition) is 6. The second kappa shape index (κ2) is 9.47. The van der Waals surface area contributed by atoms with Crippen molar-refractivity contribution < 1.29 is 13.2 Å². The molecular formula is C22H20ClN5O3S. The second-order valence-electron chi connectivity index (χ2n) is 6.94. The van der Waals surface area contributed by atoms with Crippen molar-refractivity contribution in [1.29, 1.82) is 0 Å². The van der Waals surface area contributed by atoms with Gasteiger partial charge in [-0.2, -0.15) is 8.99 Å². The number of aromatic nitrogens is 4. The van der Waals surface area contributed by atoms with Gasteiger partial charge in [-0.05, 0) is 39.8 Å². The summed E-state index contributed by atoms with van der Waals surface area (Å²) in [6.45, 7) is 0.305. The standard InChI is InChI=1S/C22H20ClN5O3S/c1-31-22-13-19(11-12-21(22)28-16-24-25-26-28)32(29,30)27(14-17-7-3-2-4-8-17)15-18-9-5-6-10-20(18)23/h2-13,16H,14-15H2,1H3. The van der Waals surface area contributed by atoms with Crippen molar-refractivity contribution in [3.63, 3.8) is 0 Å². The van der Waals surface area contributed by atoms with Crippen molar-refractivity contribution >= 4 is 21.6 Å². The van der Waals surface area contributed by atoms with Crippen LogP contribution in [0.2, 0.25) is 5.02 Å². The van der Waals surface area contributed by atoms with Gasteiger partial charge in [0, 0.05) is 24.2 Å². The minimum atomic E-state index is -3.90. The number of hydrogen-bond donors (Lipinski definition) is 0. The molecule has 4 aromatic rings. The lowest BCUT2D eigenvalue weighted by atomic mass is 10.2. The molecule has 0 saturated carbocycles. The number of tetrazole rings is 1. The predicted octanol–water partition coefficient (Wildman–Crippen LogP) is 3.72. The highest BCUT2D eigenvalue weighted by Gasteiger charge is 2.27. The lowest BCUT2D eigenvalue weighted by Gasteiger charge is -2.23. The molecule has 164 valence electrons. The van der Waals surface area contributed by atoms with Gasteiger partial charge in [0.15, 0.2) is 0 Å². The summed E-state index contributed by atoms with van der Waals surface area (Å²) >= 11 is 6.33. The molecule has 0 fully saturated rings. The summed E-state index contributed by atoms with van der Waals surface area (Å²) in [7, 11) is -2.44. The van der Waals surface area contributed by atoms with Crippen molar-refractivity contribution in [2.75, 3.05) is 7.11 Å². The van der Waals surface area contributed by atoms with Crippen LogP contribution in [0.5, 0.6) is 5.75 Å². The highest BCUT2D eigenvalue weighted by molar-refractivity contribution is 7.89. The molecule has 0 saturated heterocycles. The molecule has 0 atom stereocenters. The van der Waals surface area contributed by atoms with E-state index in [2.05, 4.69) is 15.5 Å². The van der Waals surface area contributed by atoms with E-state index in [0.717, 1.165) is 5.56 Å². The van der Waals surface area contributed by atoms with Crippen LogP contribution < -0.4 is 4.74 Å². The molecule has 0 radical (unpaired) electrons. The zero-order valence-corrected chi connectivity index (χ0v) is 18.7. The van der Waals surface area contributed by atoms with E-state index >= 15 is 0 Å². The summed E-state index contributed by atoms with van der Waals surface area (Å²) < 4.78 is 35.6. The Balaban J connectivity index is 1.74. The van der Waals surface area contributed by atoms with Crippen LogP contribution in [0.4, 0.5) is 0 Å². The van der Waals surface area contributed by atoms with Gasteiger partial charge in [0.25, 0.3) is 0 Å². The average Bonchev–Trinajstić information content (AvgIpc) is 3.35. The molecular weight excluding hydrogens is 450 g/mol. The first-order valence-corrected chi connectivity index (χ1v) is 11.5. The van der Waals surface area contributed by atoms with E-state index in [1.165, 1.54) is 34.6 Å². The quantitative estimate of drug-likeness (QED) is 0.390. The number of rotatable bonds is 8. The van der Waals surface area contributed by atoms with Crippen LogP contribution >= 0.6 is 11.6 Å². The number of benzene rings is 3. The minimum absolute atomic E-state index is 0.0918. The molecule has 32 heavy (non-hydrogen) atoms. The summed E-state index contributed by atoms with van der Waals surface area (Å²) in [4.78, 5) is 0.0918. The molecule has 4 rings (SSSR count). The Morgan fingerprint density at radius 1 is 1.00 bits per heavy atom. The monoisotopic (exact) mass is 469 g/mol. The van der Waals surface area contributed by atoms with E-state index in [1.54, 1.807) is 12.1 Å². The summed E-state index contributed by atoms with van der Waals surface area (Å²) in [5.41, 5.74) is 2.10. The molecule has 8 nitrogen and oxygen atoms in total. The summed E-state index contributed by atoms with van der Waals surface area (Å²) in [6.07, 6.45) is 1.41. The highest BCUT2D eigenvalue weighted by atomic mass is 35.5. The molecule has 0 aliphatic heterocycles. The van der Waals surface area contributed by atoms with Crippen LogP contribution in [-0.4, -0.2) is 40.0 Å². The molecule has 0 N–H and O–H groups in total. The summed E-state index contributed by atoms with van der Waals surface area (Å²) in [5, 5.41) is 11.6. The zero-order valence-electron chi connectivity index (χ0n) is 17.2. The topological polar surface area (TPSA) is 90.2 Å². The van der Waals surface area contributed by atoms with Crippen molar-refractivity contribution in [3.8, 4) is 11.4 Å². The fraction of sp³-hybridized carbons (Fsp3) is 0.136. The molecule has 0 unspecified atom stereocenters. The summed E-state index contributed by atoms with van der Waals surface area (Å²) in [5.74, 6) is 0.329. The molecule has 0 aliphatic carbocycles. The molecule has 1 heterocycles. The van der Waals surface area contributed by atoms with Crippen LogP contribution in [0.15, 0.2) is 84.0 Å². The van der Waals surface area contributed by atoms with Gasteiger partial charge in [-0.1, -0.05) is 60.1 Å². The smallest absolute Gasteiger partial charge is 0.243 e. The lowest BCUT2D eigenvalue weighted by molar-refractivity contribution is 0.397. The number of halogens is 1. The molecule has 0 spiro atoms. The number of nitrogens with zero attached hydrogens (tertiary/aromatic N) is 5. The SMILES string of the molecule is COc1cc(S(=O)(=O)N(Cc2ccccc2)Cc2ccccc2Cl)ccc1-n1cnnn1. The maximum atomic E-state index is 13.7. The molecule has 0 aliphatic rings. The van der Waals surface area contributed by atoms with Crippen LogP contribution in [0, 0.1) is 0 Å². The normalized spacial score (nSPS) is 11.6. The van der Waals surface area contributed by atoms with Gasteiger partial charge >= 0.3 is 0 Å². The molecule has 0 bridgehead atoms. The second-order valence-corrected chi connectivity index (χ2v) is 9.28. The minimum Gasteiger partial charge on any atom is -0.494 e. The average molecular weight is 470 g/mol. The maximum Gasteiger partial charge on any atom is 0.243 e. The number of methoxy groups -OCH3 is 1. The number of sulfonamides is 1. The molecule has 0 amide bonds. The van der Waals surface area contributed by atoms with Gasteiger partial charge in [-0.25, -0.2) is 8.42 Å². The molecule has 3 aromatic carbocycles. The van der Waals surface area contributed by atoms with E-state index < -0.39 is 10.0 Å². The van der Waals surface area contributed by atoms with Crippen LogP contribution in [0.25, 0.3) is 5.69 Å². The Labute approximate surface area is 191 Å². The Morgan fingerprint density at radius 2 is 1.75 bits per heavy atom. The summed E-state index contributed by atoms with van der Waals surface area (Å²) in [6, 6.07) is 21.2. The fourth-order valence-electron chi connectivity index (χ4n) is 3.26. The van der Waals surface area contributed by atoms with Crippen molar-refractivity contribution in [2.45, 2.75) is 18.0 Å². The third-order valence-corrected chi connectivity index (χ3v) is 7.05. The molecule has 10 heteroatoms. The van der Waals surface area contributed by atoms with Crippen molar-refractivity contribution in [1.82, 2.24) is 24.5 Å². The van der Waals surface area contributed by atoms with Gasteiger partial charge < -0.3 is 4.74 Å². The fourth-order valence-corrected chi connectivity index (χ4v) is 4.88. The van der Waals surface area contributed by atoms with Crippen LogP contribution in [-0.2, 0) is 23.1 Å². The highest BCUT2D eigenvalue weighted by Crippen LogP contribution is 2.29. The van der Waals surface area contributed by atoms with Gasteiger partial charge in [-0.15, -0.1) is 5.10 Å². The van der Waals surface area contributed by atoms with E-state index in [1.807, 2.05) is 48.5 Å². The number of ether oxygens (including phenoxy) is 1. The first kappa shape index (κ1) is 21.9. The first-order chi connectivity index (χ1) is 15.5. The Morgan fingerprint density at radius 3 is 2.44 bits per heavy atom. The maximum absolute atomic E-state index is 13.7. The van der Waals surface area contributed by atoms with Crippen molar-refractivity contribution in [3.05, 3.63) is 95.3 Å². The van der Waals surface area contributed by atoms with Crippen LogP contribution in [0.3, 0.4) is 0 Å². The zero-order chi connectivity index (χ0) is 22.6. The molecule has 1 aromatic heterocycles. The van der Waals surface area contributed by atoms with Gasteiger partial charge in [0.1, 0.15) is 17.8 Å². The third kappa shape index (κ3) is 4.64. The van der Waals surface area contributed by atoms with Crippen molar-refractivity contribution in [2.24, 2.45) is 0 Å².